The fourth-order valence-electron chi connectivity index (χ4n) is 2.62. The number of thiophene rings is 2. The number of hydrogen-bond acceptors (Lipinski definition) is 9. The van der Waals surface area contributed by atoms with Gasteiger partial charge in [-0.05, 0) is 37.8 Å². The van der Waals surface area contributed by atoms with Crippen LogP contribution in [0.5, 0.6) is 0 Å². The third-order valence-corrected chi connectivity index (χ3v) is 7.15. The van der Waals surface area contributed by atoms with Gasteiger partial charge in [-0.2, -0.15) is 0 Å². The molecule has 0 spiro atoms. The quantitative estimate of drug-likeness (QED) is 0.394. The number of aryl methyl sites for hydroxylation is 2. The van der Waals surface area contributed by atoms with E-state index in [2.05, 4.69) is 29.0 Å². The van der Waals surface area contributed by atoms with Crippen LogP contribution in [0.1, 0.15) is 28.4 Å². The fraction of sp³-hybridized carbons (Fsp3) is 0.250. The minimum atomic E-state index is -0.0629. The third kappa shape index (κ3) is 2.83. The molecule has 0 amide bonds. The van der Waals surface area contributed by atoms with Gasteiger partial charge in [-0.25, -0.2) is 14.6 Å². The summed E-state index contributed by atoms with van der Waals surface area (Å²) in [5, 5.41) is 11.9. The third-order valence-electron chi connectivity index (χ3n) is 4.13. The summed E-state index contributed by atoms with van der Waals surface area (Å²) in [6.45, 7) is 6.13. The molecule has 4 aromatic heterocycles. The van der Waals surface area contributed by atoms with Crippen molar-refractivity contribution in [3.05, 3.63) is 33.8 Å². The van der Waals surface area contributed by atoms with E-state index in [4.69, 9.17) is 16.6 Å². The predicted molar refractivity (Wildman–Crippen MR) is 109 cm³/mol. The smallest absolute Gasteiger partial charge is 0.210 e. The van der Waals surface area contributed by atoms with E-state index in [-0.39, 0.29) is 5.25 Å². The zero-order valence-electron chi connectivity index (χ0n) is 14.4. The van der Waals surface area contributed by atoms with Gasteiger partial charge in [0.15, 0.2) is 5.82 Å². The van der Waals surface area contributed by atoms with Crippen molar-refractivity contribution in [3.63, 3.8) is 0 Å². The highest BCUT2D eigenvalue weighted by molar-refractivity contribution is 7.99. The van der Waals surface area contributed by atoms with Gasteiger partial charge in [-0.15, -0.1) is 32.9 Å². The molecule has 4 aromatic rings. The zero-order valence-corrected chi connectivity index (χ0v) is 16.9. The van der Waals surface area contributed by atoms with Crippen LogP contribution >= 0.6 is 34.4 Å². The van der Waals surface area contributed by atoms with Crippen molar-refractivity contribution >= 4 is 50.5 Å². The minimum absolute atomic E-state index is 0.0629. The Kier molecular flexibility index (Phi) is 4.33. The topological polar surface area (TPSA) is 109 Å². The van der Waals surface area contributed by atoms with Crippen molar-refractivity contribution in [1.29, 1.82) is 0 Å². The van der Waals surface area contributed by atoms with Crippen LogP contribution in [-0.4, -0.2) is 24.8 Å². The highest BCUT2D eigenvalue weighted by atomic mass is 32.2. The predicted octanol–water partition coefficient (Wildman–Crippen LogP) is 3.78. The molecule has 0 fully saturated rings. The first-order chi connectivity index (χ1) is 12.5. The SMILES string of the molecule is Cc1sc2nc(C(C)Sc3nnc(-c4cccs4)n3N)nc(N)c2c1C. The van der Waals surface area contributed by atoms with Crippen LogP contribution in [0.4, 0.5) is 5.82 Å². The van der Waals surface area contributed by atoms with Crippen molar-refractivity contribution in [2.24, 2.45) is 0 Å². The number of nitrogens with two attached hydrogens (primary N) is 2. The molecule has 0 saturated heterocycles. The first kappa shape index (κ1) is 17.3. The number of hydrogen-bond donors (Lipinski definition) is 2. The van der Waals surface area contributed by atoms with Gasteiger partial charge in [-0.1, -0.05) is 17.8 Å². The van der Waals surface area contributed by atoms with E-state index < -0.39 is 0 Å². The Balaban J connectivity index is 1.65. The number of aromatic nitrogens is 5. The largest absolute Gasteiger partial charge is 0.383 e. The Labute approximate surface area is 162 Å². The summed E-state index contributed by atoms with van der Waals surface area (Å²) in [4.78, 5) is 12.3. The molecule has 0 aromatic carbocycles. The lowest BCUT2D eigenvalue weighted by atomic mass is 10.2. The highest BCUT2D eigenvalue weighted by Crippen LogP contribution is 2.37. The summed E-state index contributed by atoms with van der Waals surface area (Å²) < 4.78 is 1.51. The maximum atomic E-state index is 6.19. The molecule has 0 bridgehead atoms. The Bertz CT molecular complexity index is 1080. The molecular weight excluding hydrogens is 386 g/mol. The summed E-state index contributed by atoms with van der Waals surface area (Å²) in [5.41, 5.74) is 7.34. The van der Waals surface area contributed by atoms with Crippen LogP contribution in [-0.2, 0) is 0 Å². The molecule has 10 heteroatoms. The molecule has 7 nitrogen and oxygen atoms in total. The maximum Gasteiger partial charge on any atom is 0.210 e. The molecule has 0 aliphatic carbocycles. The van der Waals surface area contributed by atoms with Gasteiger partial charge >= 0.3 is 0 Å². The van der Waals surface area contributed by atoms with Gasteiger partial charge in [0.1, 0.15) is 16.5 Å². The number of anilines is 1. The lowest BCUT2D eigenvalue weighted by Gasteiger charge is -2.10. The summed E-state index contributed by atoms with van der Waals surface area (Å²) in [6, 6.07) is 3.93. The standard InChI is InChI=1S/C16H17N7S3/c1-7-8(2)25-15-11(7)12(17)19-13(20-15)9(3)26-16-22-21-14(23(16)18)10-5-4-6-24-10/h4-6,9H,18H2,1-3H3,(H2,17,19,20). The van der Waals surface area contributed by atoms with E-state index in [0.29, 0.717) is 22.6 Å². The molecule has 26 heavy (non-hydrogen) atoms. The van der Waals surface area contributed by atoms with Crippen LogP contribution in [0.3, 0.4) is 0 Å². The average molecular weight is 404 g/mol. The summed E-state index contributed by atoms with van der Waals surface area (Å²) in [5.74, 6) is 8.02. The van der Waals surface area contributed by atoms with Gasteiger partial charge in [0.2, 0.25) is 5.16 Å². The van der Waals surface area contributed by atoms with E-state index in [1.807, 2.05) is 24.4 Å². The number of nitrogen functional groups attached to an aromatic ring is 2. The van der Waals surface area contributed by atoms with E-state index in [1.54, 1.807) is 22.7 Å². The number of thioether (sulfide) groups is 1. The molecule has 1 atom stereocenters. The van der Waals surface area contributed by atoms with Gasteiger partial charge in [0, 0.05) is 4.88 Å². The lowest BCUT2D eigenvalue weighted by Crippen LogP contribution is -2.12. The second-order valence-corrected chi connectivity index (χ2v) is 9.30. The Morgan fingerprint density at radius 2 is 2.04 bits per heavy atom. The molecule has 0 radical (unpaired) electrons. The number of fused-ring (bicyclic) bond motifs is 1. The van der Waals surface area contributed by atoms with Crippen molar-refractivity contribution in [2.75, 3.05) is 11.6 Å². The van der Waals surface area contributed by atoms with Gasteiger partial charge < -0.3 is 11.6 Å². The van der Waals surface area contributed by atoms with E-state index in [9.17, 15) is 0 Å². The van der Waals surface area contributed by atoms with E-state index >= 15 is 0 Å². The molecule has 1 unspecified atom stereocenters. The Morgan fingerprint density at radius 1 is 1.23 bits per heavy atom. The van der Waals surface area contributed by atoms with Crippen LogP contribution in [0, 0.1) is 13.8 Å². The maximum absolute atomic E-state index is 6.19. The molecule has 0 saturated carbocycles. The van der Waals surface area contributed by atoms with Crippen molar-refractivity contribution in [2.45, 2.75) is 31.2 Å². The first-order valence-electron chi connectivity index (χ1n) is 7.89. The Morgan fingerprint density at radius 3 is 2.77 bits per heavy atom. The van der Waals surface area contributed by atoms with E-state index in [0.717, 1.165) is 20.7 Å². The monoisotopic (exact) mass is 403 g/mol. The van der Waals surface area contributed by atoms with Crippen molar-refractivity contribution in [1.82, 2.24) is 24.8 Å². The second kappa shape index (κ2) is 6.53. The first-order valence-corrected chi connectivity index (χ1v) is 10.5. The van der Waals surface area contributed by atoms with Crippen molar-refractivity contribution < 1.29 is 0 Å². The zero-order chi connectivity index (χ0) is 18.4. The summed E-state index contributed by atoms with van der Waals surface area (Å²) in [7, 11) is 0. The summed E-state index contributed by atoms with van der Waals surface area (Å²) >= 11 is 4.68. The second-order valence-electron chi connectivity index (χ2n) is 5.84. The molecular formula is C16H17N7S3. The van der Waals surface area contributed by atoms with Gasteiger partial charge in [0.05, 0.1) is 15.5 Å². The average Bonchev–Trinajstić information content (AvgIpc) is 3.30. The van der Waals surface area contributed by atoms with Crippen LogP contribution in [0.2, 0.25) is 0 Å². The van der Waals surface area contributed by atoms with Crippen LogP contribution in [0.25, 0.3) is 20.9 Å². The lowest BCUT2D eigenvalue weighted by molar-refractivity contribution is 0.837. The molecule has 4 rings (SSSR count). The summed E-state index contributed by atoms with van der Waals surface area (Å²) in [6.07, 6.45) is 0. The van der Waals surface area contributed by atoms with Gasteiger partial charge in [0.25, 0.3) is 0 Å². The minimum Gasteiger partial charge on any atom is -0.383 e. The van der Waals surface area contributed by atoms with Crippen LogP contribution in [0.15, 0.2) is 22.7 Å². The molecule has 4 heterocycles. The number of rotatable bonds is 4. The van der Waals surface area contributed by atoms with Gasteiger partial charge in [-0.3, -0.25) is 0 Å². The molecule has 0 aliphatic rings. The highest BCUT2D eigenvalue weighted by Gasteiger charge is 2.20. The normalized spacial score (nSPS) is 12.7. The number of nitrogens with zero attached hydrogens (tertiary/aromatic N) is 5. The van der Waals surface area contributed by atoms with Crippen molar-refractivity contribution in [3.8, 4) is 10.7 Å². The molecule has 0 aliphatic heterocycles. The molecule has 134 valence electrons. The van der Waals surface area contributed by atoms with E-state index in [1.165, 1.54) is 21.3 Å². The molecule has 4 N–H and O–H groups in total. The Hall–Kier alpha value is -2.17. The fourth-order valence-corrected chi connectivity index (χ4v) is 5.19. The van der Waals surface area contributed by atoms with Crippen LogP contribution < -0.4 is 11.6 Å².